The van der Waals surface area contributed by atoms with Gasteiger partial charge in [-0.25, -0.2) is 24.1 Å². The zero-order chi connectivity index (χ0) is 28.9. The molecule has 4 aromatic rings. The Kier molecular flexibility index (Phi) is 44.8. The number of hydrogen-bond donors (Lipinski definition) is 2. The van der Waals surface area contributed by atoms with Crippen LogP contribution in [-0.4, -0.2) is 69.4 Å². The maximum Gasteiger partial charge on any atom is 1.00 e. The molecular weight excluding hydrogens is 757 g/mol. The third-order valence-corrected chi connectivity index (χ3v) is 6.98. The van der Waals surface area contributed by atoms with E-state index in [1.807, 2.05) is 16.1 Å². The average molecular weight is 784 g/mol. The molecule has 5 rings (SSSR count). The molecule has 0 saturated carbocycles. The van der Waals surface area contributed by atoms with Crippen molar-refractivity contribution in [2.45, 2.75) is 25.3 Å². The summed E-state index contributed by atoms with van der Waals surface area (Å²) in [5.74, 6) is 0.539. The van der Waals surface area contributed by atoms with E-state index >= 15 is 0 Å². The van der Waals surface area contributed by atoms with Crippen LogP contribution in [0, 0.1) is 0 Å². The Labute approximate surface area is 300 Å². The van der Waals surface area contributed by atoms with Crippen molar-refractivity contribution in [2.75, 3.05) is 20.3 Å². The SMILES string of the molecule is Brc1nccs1.C1CCOC1.CO.ClCc1nccs1.O=Cc1nccs1.O=S(Cl)Cl.OCc1nccs1.[B].[H-].[Na+]. The minimum Gasteiger partial charge on any atom is -1.00 e. The Balaban J connectivity index is -0.000000124. The number of aliphatic hydroxyl groups is 2. The fourth-order valence-corrected chi connectivity index (χ4v) is 4.09. The number of ether oxygens (including phenoxy) is 1. The van der Waals surface area contributed by atoms with Gasteiger partial charge < -0.3 is 16.4 Å². The summed E-state index contributed by atoms with van der Waals surface area (Å²) in [6.45, 7) is 2.07. The third kappa shape index (κ3) is 34.8. The first kappa shape index (κ1) is 47.6. The van der Waals surface area contributed by atoms with E-state index in [4.69, 9.17) is 30.8 Å². The summed E-state index contributed by atoms with van der Waals surface area (Å²) in [5.41, 5.74) is 0. The normalized spacial score (nSPS) is 10.1. The minimum atomic E-state index is -1.67. The molecule has 219 valence electrons. The van der Waals surface area contributed by atoms with E-state index in [1.54, 1.807) is 52.8 Å². The Hall–Kier alpha value is 0.635. The molecule has 0 bridgehead atoms. The van der Waals surface area contributed by atoms with Gasteiger partial charge in [0.25, 0.3) is 0 Å². The molecule has 0 spiro atoms. The van der Waals surface area contributed by atoms with Gasteiger partial charge in [0, 0.05) is 96.4 Å². The van der Waals surface area contributed by atoms with E-state index < -0.39 is 9.23 Å². The van der Waals surface area contributed by atoms with Crippen LogP contribution in [0.4, 0.5) is 0 Å². The first-order valence-electron chi connectivity index (χ1n) is 10.0. The first-order chi connectivity index (χ1) is 18.4. The second-order valence-corrected chi connectivity index (χ2v) is 13.3. The third-order valence-electron chi connectivity index (χ3n) is 3.00. The molecule has 1 fully saturated rings. The van der Waals surface area contributed by atoms with E-state index in [0.717, 1.165) is 40.5 Å². The number of nitrogens with zero attached hydrogens (tertiary/aromatic N) is 4. The fraction of sp³-hybridized carbons (Fsp3) is 0.350. The van der Waals surface area contributed by atoms with Crippen LogP contribution in [0.25, 0.3) is 0 Å². The Morgan fingerprint density at radius 1 is 0.950 bits per heavy atom. The van der Waals surface area contributed by atoms with Crippen LogP contribution in [0.3, 0.4) is 0 Å². The average Bonchev–Trinajstić information content (AvgIpc) is 3.75. The van der Waals surface area contributed by atoms with Gasteiger partial charge in [-0.05, 0) is 28.8 Å². The molecule has 1 saturated heterocycles. The van der Waals surface area contributed by atoms with Crippen molar-refractivity contribution in [1.29, 1.82) is 0 Å². The molecule has 0 aromatic carbocycles. The van der Waals surface area contributed by atoms with Crippen molar-refractivity contribution in [1.82, 2.24) is 19.9 Å². The van der Waals surface area contributed by atoms with Crippen LogP contribution in [0.15, 0.2) is 50.2 Å². The van der Waals surface area contributed by atoms with Crippen molar-refractivity contribution < 1.29 is 54.9 Å². The fourth-order valence-electron chi connectivity index (χ4n) is 1.66. The molecule has 1 aliphatic heterocycles. The van der Waals surface area contributed by atoms with Crippen LogP contribution in [-0.2, 0) is 26.5 Å². The van der Waals surface area contributed by atoms with E-state index in [1.165, 1.54) is 35.5 Å². The van der Waals surface area contributed by atoms with Gasteiger partial charge in [0.2, 0.25) is 9.23 Å². The van der Waals surface area contributed by atoms with E-state index in [9.17, 15) is 4.79 Å². The summed E-state index contributed by atoms with van der Waals surface area (Å²) in [7, 11) is 8.36. The molecule has 40 heavy (non-hydrogen) atoms. The number of halogens is 4. The van der Waals surface area contributed by atoms with Crippen molar-refractivity contribution in [2.24, 2.45) is 0 Å². The minimum absolute atomic E-state index is 0. The zero-order valence-corrected chi connectivity index (χ0v) is 31.4. The van der Waals surface area contributed by atoms with Crippen LogP contribution in [0.5, 0.6) is 0 Å². The number of thiazole rings is 4. The number of alkyl halides is 1. The van der Waals surface area contributed by atoms with E-state index in [0.29, 0.717) is 10.9 Å². The predicted molar refractivity (Wildman–Crippen MR) is 172 cm³/mol. The second-order valence-electron chi connectivity index (χ2n) is 5.42. The Morgan fingerprint density at radius 2 is 1.40 bits per heavy atom. The second kappa shape index (κ2) is 37.7. The Bertz CT molecular complexity index is 958. The molecular formula is C20H27BBrCl3N4NaO5S5. The molecule has 1 aliphatic rings. The molecule has 5 heterocycles. The predicted octanol–water partition coefficient (Wildman–Crippen LogP) is 3.56. The molecule has 20 heteroatoms. The van der Waals surface area contributed by atoms with Crippen LogP contribution >= 0.6 is 94.2 Å². The van der Waals surface area contributed by atoms with E-state index in [-0.39, 0.29) is 46.0 Å². The van der Waals surface area contributed by atoms with Crippen molar-refractivity contribution in [3.8, 4) is 0 Å². The van der Waals surface area contributed by atoms with Crippen molar-refractivity contribution in [3.63, 3.8) is 0 Å². The summed E-state index contributed by atoms with van der Waals surface area (Å²) >= 11 is 14.6. The van der Waals surface area contributed by atoms with Crippen LogP contribution < -0.4 is 29.6 Å². The van der Waals surface area contributed by atoms with Crippen molar-refractivity contribution in [3.05, 3.63) is 65.2 Å². The number of hydrogen-bond acceptors (Lipinski definition) is 13. The number of aromatic nitrogens is 4. The first-order valence-corrected chi connectivity index (χ1v) is 17.7. The van der Waals surface area contributed by atoms with Gasteiger partial charge in [-0.2, -0.15) is 0 Å². The van der Waals surface area contributed by atoms with Gasteiger partial charge in [-0.3, -0.25) is 4.79 Å². The maximum absolute atomic E-state index is 9.82. The van der Waals surface area contributed by atoms with Crippen LogP contribution in [0.1, 0.15) is 34.1 Å². The van der Waals surface area contributed by atoms with Gasteiger partial charge in [-0.1, -0.05) is 0 Å². The van der Waals surface area contributed by atoms with Gasteiger partial charge in [-0.15, -0.1) is 56.9 Å². The number of aliphatic hydroxyl groups excluding tert-OH is 2. The Morgan fingerprint density at radius 3 is 1.57 bits per heavy atom. The van der Waals surface area contributed by atoms with Gasteiger partial charge in [0.05, 0.1) is 12.5 Å². The number of aldehydes is 1. The standard InChI is InChI=1S/C4H4ClNS.C4H5NOS.C4H3NOS.C4H8O.C3H2BrNS.CH4O.B.Cl2OS.Na.H/c5-3-4-6-1-2-7-4;2*6-3-4-5-1-2-7-4;1-2-4-5-3-1;4-3-5-1-2-6-3;1-2;;1-4(2)3;;/h1-2H,3H2;1-2,6H,3H2;1-3H;1-4H2;1-2H;2H,1H3;;;;/q;;;;;;;;+1;-1. The number of rotatable bonds is 3. The quantitative estimate of drug-likeness (QED) is 0.139. The molecule has 9 nitrogen and oxygen atoms in total. The smallest absolute Gasteiger partial charge is 1.00 e. The number of carbonyl (C=O) groups excluding carboxylic acids is 1. The van der Waals surface area contributed by atoms with Gasteiger partial charge in [0.1, 0.15) is 10.0 Å². The number of carbonyl (C=O) groups is 1. The summed E-state index contributed by atoms with van der Waals surface area (Å²) in [4.78, 5) is 25.1. The van der Waals surface area contributed by atoms with E-state index in [2.05, 4.69) is 57.2 Å². The molecule has 3 radical (unpaired) electrons. The summed E-state index contributed by atoms with van der Waals surface area (Å²) < 4.78 is 15.0. The maximum atomic E-state index is 9.82. The largest absolute Gasteiger partial charge is 1.00 e. The summed E-state index contributed by atoms with van der Waals surface area (Å²) in [5, 5.41) is 25.1. The zero-order valence-electron chi connectivity index (χ0n) is 22.5. The summed E-state index contributed by atoms with van der Waals surface area (Å²) in [6, 6.07) is 0. The topological polar surface area (TPSA) is 135 Å². The molecule has 0 amide bonds. The molecule has 0 aliphatic carbocycles. The summed E-state index contributed by atoms with van der Waals surface area (Å²) in [6.07, 6.45) is 10.1. The monoisotopic (exact) mass is 781 g/mol. The molecule has 0 unspecified atom stereocenters. The van der Waals surface area contributed by atoms with Gasteiger partial charge >= 0.3 is 29.6 Å². The molecule has 0 atom stereocenters. The van der Waals surface area contributed by atoms with Crippen molar-refractivity contribution >= 4 is 118 Å². The molecule has 4 aromatic heterocycles. The van der Waals surface area contributed by atoms with Gasteiger partial charge in [0.15, 0.2) is 15.2 Å². The molecule has 2 N–H and O–H groups in total. The van der Waals surface area contributed by atoms with Crippen LogP contribution in [0.2, 0.25) is 0 Å².